The molecule has 2 N–H and O–H groups in total. The predicted molar refractivity (Wildman–Crippen MR) is 85.8 cm³/mol. The van der Waals surface area contributed by atoms with Gasteiger partial charge in [-0.15, -0.1) is 0 Å². The van der Waals surface area contributed by atoms with Crippen LogP contribution in [-0.4, -0.2) is 32.8 Å². The third-order valence-corrected chi connectivity index (χ3v) is 3.62. The lowest BCUT2D eigenvalue weighted by atomic mass is 10.0. The minimum atomic E-state index is 0.303. The van der Waals surface area contributed by atoms with E-state index in [9.17, 15) is 0 Å². The number of benzene rings is 1. The molecule has 0 atom stereocenters. The molecule has 0 aliphatic heterocycles. The third-order valence-electron chi connectivity index (χ3n) is 3.37. The molecule has 3 rings (SSSR count). The van der Waals surface area contributed by atoms with Gasteiger partial charge in [-0.05, 0) is 19.1 Å². The molecule has 1 aromatic carbocycles. The van der Waals surface area contributed by atoms with Crippen molar-refractivity contribution in [2.24, 2.45) is 0 Å². The van der Waals surface area contributed by atoms with E-state index >= 15 is 0 Å². The summed E-state index contributed by atoms with van der Waals surface area (Å²) in [5.41, 5.74) is 9.38. The third kappa shape index (κ3) is 2.75. The molecule has 0 amide bonds. The lowest BCUT2D eigenvalue weighted by Crippen LogP contribution is -2.09. The first-order chi connectivity index (χ1) is 10.7. The summed E-state index contributed by atoms with van der Waals surface area (Å²) in [6.45, 7) is 3.22. The van der Waals surface area contributed by atoms with Crippen molar-refractivity contribution in [3.8, 4) is 11.3 Å². The maximum Gasteiger partial charge on any atom is 0.223 e. The van der Waals surface area contributed by atoms with Gasteiger partial charge in [0.15, 0.2) is 5.65 Å². The van der Waals surface area contributed by atoms with Crippen LogP contribution in [0.15, 0.2) is 30.6 Å². The highest BCUT2D eigenvalue weighted by Gasteiger charge is 2.16. The highest BCUT2D eigenvalue weighted by Crippen LogP contribution is 2.27. The Bertz CT molecular complexity index is 784. The number of fused-ring (bicyclic) bond motifs is 1. The van der Waals surface area contributed by atoms with Crippen molar-refractivity contribution in [1.82, 2.24) is 19.6 Å². The van der Waals surface area contributed by atoms with E-state index in [0.29, 0.717) is 36.3 Å². The van der Waals surface area contributed by atoms with Crippen LogP contribution in [-0.2, 0) is 11.2 Å². The van der Waals surface area contributed by atoms with E-state index in [1.807, 2.05) is 31.2 Å². The van der Waals surface area contributed by atoms with Crippen molar-refractivity contribution in [1.29, 1.82) is 0 Å². The summed E-state index contributed by atoms with van der Waals surface area (Å²) in [5.74, 6) is 0.303. The zero-order valence-electron chi connectivity index (χ0n) is 12.2. The standard InChI is InChI=1S/C15H16ClN5O/c1-2-22-8-7-12-13(10-3-5-11(16)6-4-10)20-15(17)21-14(12)18-9-19-21/h3-6,9H,2,7-8H2,1H3,(H2,17,20). The van der Waals surface area contributed by atoms with Crippen molar-refractivity contribution in [3.05, 3.63) is 41.2 Å². The van der Waals surface area contributed by atoms with Gasteiger partial charge in [-0.1, -0.05) is 23.7 Å². The van der Waals surface area contributed by atoms with Gasteiger partial charge in [-0.25, -0.2) is 9.97 Å². The minimum Gasteiger partial charge on any atom is -0.381 e. The summed E-state index contributed by atoms with van der Waals surface area (Å²) in [6.07, 6.45) is 2.16. The number of nitrogens with two attached hydrogens (primary N) is 1. The van der Waals surface area contributed by atoms with Crippen LogP contribution in [0.3, 0.4) is 0 Å². The molecule has 6 nitrogen and oxygen atoms in total. The second-order valence-corrected chi connectivity index (χ2v) is 5.18. The largest absolute Gasteiger partial charge is 0.381 e. The summed E-state index contributed by atoms with van der Waals surface area (Å²) in [7, 11) is 0. The molecule has 0 aliphatic carbocycles. The molecular weight excluding hydrogens is 302 g/mol. The van der Waals surface area contributed by atoms with Crippen LogP contribution in [0, 0.1) is 0 Å². The van der Waals surface area contributed by atoms with Crippen molar-refractivity contribution in [2.75, 3.05) is 18.9 Å². The summed E-state index contributed by atoms with van der Waals surface area (Å²) < 4.78 is 7.01. The van der Waals surface area contributed by atoms with Crippen LogP contribution in [0.2, 0.25) is 5.02 Å². The lowest BCUT2D eigenvalue weighted by Gasteiger charge is -2.12. The number of hydrogen-bond donors (Lipinski definition) is 1. The Kier molecular flexibility index (Phi) is 4.22. The van der Waals surface area contributed by atoms with E-state index in [1.165, 1.54) is 6.33 Å². The summed E-state index contributed by atoms with van der Waals surface area (Å²) in [4.78, 5) is 8.80. The van der Waals surface area contributed by atoms with Gasteiger partial charge in [0.25, 0.3) is 0 Å². The number of nitrogens with zero attached hydrogens (tertiary/aromatic N) is 4. The number of hydrogen-bond acceptors (Lipinski definition) is 5. The molecule has 0 unspecified atom stereocenters. The van der Waals surface area contributed by atoms with Crippen LogP contribution in [0.25, 0.3) is 16.9 Å². The normalized spacial score (nSPS) is 11.2. The number of anilines is 1. The monoisotopic (exact) mass is 317 g/mol. The smallest absolute Gasteiger partial charge is 0.223 e. The van der Waals surface area contributed by atoms with Gasteiger partial charge in [-0.3, -0.25) is 0 Å². The maximum absolute atomic E-state index is 5.98. The van der Waals surface area contributed by atoms with Gasteiger partial charge >= 0.3 is 0 Å². The molecule has 22 heavy (non-hydrogen) atoms. The second-order valence-electron chi connectivity index (χ2n) is 4.75. The molecule has 0 aliphatic rings. The Balaban J connectivity index is 2.14. The fourth-order valence-corrected chi connectivity index (χ4v) is 2.47. The first kappa shape index (κ1) is 14.7. The Morgan fingerprint density at radius 2 is 2.05 bits per heavy atom. The Morgan fingerprint density at radius 3 is 2.77 bits per heavy atom. The van der Waals surface area contributed by atoms with E-state index in [0.717, 1.165) is 16.8 Å². The van der Waals surface area contributed by atoms with Gasteiger partial charge in [0.05, 0.1) is 12.3 Å². The Morgan fingerprint density at radius 1 is 1.27 bits per heavy atom. The Hall–Kier alpha value is -2.18. The van der Waals surface area contributed by atoms with E-state index in [4.69, 9.17) is 22.1 Å². The topological polar surface area (TPSA) is 78.3 Å². The van der Waals surface area contributed by atoms with Gasteiger partial charge in [0.2, 0.25) is 5.95 Å². The first-order valence-corrected chi connectivity index (χ1v) is 7.40. The van der Waals surface area contributed by atoms with Crippen LogP contribution in [0.1, 0.15) is 12.5 Å². The van der Waals surface area contributed by atoms with Gasteiger partial charge in [0, 0.05) is 29.2 Å². The number of ether oxygens (including phenoxy) is 1. The van der Waals surface area contributed by atoms with Crippen molar-refractivity contribution >= 4 is 23.2 Å². The zero-order valence-corrected chi connectivity index (χ0v) is 12.9. The zero-order chi connectivity index (χ0) is 15.5. The van der Waals surface area contributed by atoms with Crippen LogP contribution < -0.4 is 5.73 Å². The number of rotatable bonds is 5. The molecule has 3 aromatic rings. The minimum absolute atomic E-state index is 0.303. The average molecular weight is 318 g/mol. The van der Waals surface area contributed by atoms with Gasteiger partial charge < -0.3 is 10.5 Å². The quantitative estimate of drug-likeness (QED) is 0.732. The van der Waals surface area contributed by atoms with Crippen LogP contribution >= 0.6 is 11.6 Å². The highest BCUT2D eigenvalue weighted by molar-refractivity contribution is 6.30. The first-order valence-electron chi connectivity index (χ1n) is 7.02. The van der Waals surface area contributed by atoms with E-state index in [1.54, 1.807) is 4.52 Å². The lowest BCUT2D eigenvalue weighted by molar-refractivity contribution is 0.151. The van der Waals surface area contributed by atoms with E-state index in [-0.39, 0.29) is 0 Å². The highest BCUT2D eigenvalue weighted by atomic mass is 35.5. The molecule has 0 spiro atoms. The molecule has 2 aromatic heterocycles. The summed E-state index contributed by atoms with van der Waals surface area (Å²) in [6, 6.07) is 7.49. The fourth-order valence-electron chi connectivity index (χ4n) is 2.35. The molecule has 0 bridgehead atoms. The van der Waals surface area contributed by atoms with Crippen molar-refractivity contribution in [2.45, 2.75) is 13.3 Å². The van der Waals surface area contributed by atoms with Gasteiger partial charge in [-0.2, -0.15) is 9.61 Å². The molecule has 0 radical (unpaired) electrons. The molecule has 0 fully saturated rings. The SMILES string of the molecule is CCOCCc1c(-c2ccc(Cl)cc2)nc(N)n2ncnc12. The van der Waals surface area contributed by atoms with E-state index in [2.05, 4.69) is 15.1 Å². The van der Waals surface area contributed by atoms with E-state index < -0.39 is 0 Å². The van der Waals surface area contributed by atoms with Gasteiger partial charge in [0.1, 0.15) is 6.33 Å². The molecule has 0 saturated carbocycles. The number of aromatic nitrogens is 4. The van der Waals surface area contributed by atoms with Crippen molar-refractivity contribution in [3.63, 3.8) is 0 Å². The molecule has 0 saturated heterocycles. The number of halogens is 1. The van der Waals surface area contributed by atoms with Crippen LogP contribution in [0.5, 0.6) is 0 Å². The summed E-state index contributed by atoms with van der Waals surface area (Å²) in [5, 5.41) is 4.79. The molecular formula is C15H16ClN5O. The molecule has 7 heteroatoms. The second kappa shape index (κ2) is 6.29. The average Bonchev–Trinajstić information content (AvgIpc) is 3.00. The Labute approximate surface area is 132 Å². The van der Waals surface area contributed by atoms with Crippen molar-refractivity contribution < 1.29 is 4.74 Å². The molecule has 114 valence electrons. The molecule has 2 heterocycles. The fraction of sp³-hybridized carbons (Fsp3) is 0.267. The maximum atomic E-state index is 5.98. The predicted octanol–water partition coefficient (Wildman–Crippen LogP) is 2.61. The number of nitrogen functional groups attached to an aromatic ring is 1. The summed E-state index contributed by atoms with van der Waals surface area (Å²) >= 11 is 5.96. The van der Waals surface area contributed by atoms with Crippen LogP contribution in [0.4, 0.5) is 5.95 Å².